The Kier molecular flexibility index (Phi) is 5.66. The lowest BCUT2D eigenvalue weighted by Gasteiger charge is -2.21. The van der Waals surface area contributed by atoms with E-state index in [0.29, 0.717) is 18.3 Å². The summed E-state index contributed by atoms with van der Waals surface area (Å²) >= 11 is 5.09. The van der Waals surface area contributed by atoms with Crippen LogP contribution in [-0.4, -0.2) is 30.4 Å². The molecule has 1 aromatic heterocycles. The normalized spacial score (nSPS) is 10.3. The van der Waals surface area contributed by atoms with Crippen LogP contribution in [0.2, 0.25) is 0 Å². The average Bonchev–Trinajstić information content (AvgIpc) is 2.49. The second-order valence-corrected chi connectivity index (χ2v) is 5.05. The number of pyridine rings is 1. The zero-order chi connectivity index (χ0) is 15.1. The quantitative estimate of drug-likeness (QED) is 0.830. The number of rotatable bonds is 6. The first-order valence-corrected chi connectivity index (χ1v) is 7.17. The van der Waals surface area contributed by atoms with Gasteiger partial charge in [-0.2, -0.15) is 0 Å². The fourth-order valence-corrected chi connectivity index (χ4v) is 2.23. The molecule has 0 aliphatic heterocycles. The maximum Gasteiger partial charge on any atom is 0.172 e. The van der Waals surface area contributed by atoms with Crippen LogP contribution in [0.25, 0.3) is 0 Å². The third-order valence-electron chi connectivity index (χ3n) is 3.08. The molecule has 0 fully saturated rings. The van der Waals surface area contributed by atoms with Crippen molar-refractivity contribution in [2.75, 3.05) is 25.2 Å². The number of nitrogens with zero attached hydrogens (tertiary/aromatic N) is 2. The summed E-state index contributed by atoms with van der Waals surface area (Å²) in [5.41, 5.74) is 7.98. The zero-order valence-corrected chi connectivity index (χ0v) is 12.8. The van der Waals surface area contributed by atoms with Gasteiger partial charge in [-0.3, -0.25) is 0 Å². The lowest BCUT2D eigenvalue weighted by molar-refractivity contribution is 0.207. The molecule has 0 atom stereocenters. The fraction of sp³-hybridized carbons (Fsp3) is 0.250. The smallest absolute Gasteiger partial charge is 0.172 e. The monoisotopic (exact) mass is 301 g/mol. The van der Waals surface area contributed by atoms with E-state index in [2.05, 4.69) is 17.1 Å². The average molecular weight is 301 g/mol. The van der Waals surface area contributed by atoms with Crippen molar-refractivity contribution in [1.29, 1.82) is 0 Å². The molecule has 1 heterocycles. The number of methoxy groups -OCH3 is 1. The lowest BCUT2D eigenvalue weighted by atomic mass is 10.1. The van der Waals surface area contributed by atoms with Crippen LogP contribution in [-0.2, 0) is 11.2 Å². The van der Waals surface area contributed by atoms with Gasteiger partial charge in [-0.15, -0.1) is 0 Å². The van der Waals surface area contributed by atoms with Crippen molar-refractivity contribution in [3.63, 3.8) is 0 Å². The maximum absolute atomic E-state index is 5.77. The SMILES string of the molecule is COCCN(C(N)=S)c1cccc(Cc2ccccc2)n1. The summed E-state index contributed by atoms with van der Waals surface area (Å²) in [4.78, 5) is 6.43. The molecule has 0 radical (unpaired) electrons. The first-order chi connectivity index (χ1) is 10.2. The summed E-state index contributed by atoms with van der Waals surface area (Å²) < 4.78 is 5.09. The molecule has 0 unspecified atom stereocenters. The van der Waals surface area contributed by atoms with E-state index < -0.39 is 0 Å². The van der Waals surface area contributed by atoms with E-state index in [1.54, 1.807) is 12.0 Å². The Hall–Kier alpha value is -1.98. The summed E-state index contributed by atoms with van der Waals surface area (Å²) in [6.07, 6.45) is 0.782. The van der Waals surface area contributed by atoms with Crippen LogP contribution in [0.5, 0.6) is 0 Å². The minimum Gasteiger partial charge on any atom is -0.383 e. The summed E-state index contributed by atoms with van der Waals surface area (Å²) in [7, 11) is 1.65. The Balaban J connectivity index is 2.17. The van der Waals surface area contributed by atoms with E-state index >= 15 is 0 Å². The van der Waals surface area contributed by atoms with Gasteiger partial charge in [-0.25, -0.2) is 4.98 Å². The molecule has 2 N–H and O–H groups in total. The highest BCUT2D eigenvalue weighted by atomic mass is 32.1. The van der Waals surface area contributed by atoms with Crippen LogP contribution in [0.15, 0.2) is 48.5 Å². The lowest BCUT2D eigenvalue weighted by Crippen LogP contribution is -2.38. The van der Waals surface area contributed by atoms with Gasteiger partial charge >= 0.3 is 0 Å². The summed E-state index contributed by atoms with van der Waals surface area (Å²) in [5.74, 6) is 0.757. The number of benzene rings is 1. The molecular weight excluding hydrogens is 282 g/mol. The van der Waals surface area contributed by atoms with Gasteiger partial charge in [-0.05, 0) is 29.9 Å². The van der Waals surface area contributed by atoms with Crippen molar-refractivity contribution in [2.45, 2.75) is 6.42 Å². The van der Waals surface area contributed by atoms with Gasteiger partial charge in [-0.1, -0.05) is 36.4 Å². The van der Waals surface area contributed by atoms with Crippen molar-refractivity contribution in [1.82, 2.24) is 4.98 Å². The molecule has 110 valence electrons. The molecule has 0 saturated carbocycles. The topological polar surface area (TPSA) is 51.4 Å². The molecule has 0 aliphatic carbocycles. The molecule has 0 aliphatic rings. The highest BCUT2D eigenvalue weighted by Crippen LogP contribution is 2.14. The van der Waals surface area contributed by atoms with Crippen molar-refractivity contribution in [3.8, 4) is 0 Å². The van der Waals surface area contributed by atoms with E-state index in [4.69, 9.17) is 22.7 Å². The van der Waals surface area contributed by atoms with E-state index in [-0.39, 0.29) is 0 Å². The van der Waals surface area contributed by atoms with Gasteiger partial charge in [0.15, 0.2) is 5.11 Å². The number of anilines is 1. The molecule has 0 bridgehead atoms. The Morgan fingerprint density at radius 3 is 2.62 bits per heavy atom. The van der Waals surface area contributed by atoms with Gasteiger partial charge in [0.05, 0.1) is 13.2 Å². The number of nitrogens with two attached hydrogens (primary N) is 1. The third kappa shape index (κ3) is 4.51. The number of aromatic nitrogens is 1. The molecule has 2 rings (SSSR count). The second-order valence-electron chi connectivity index (χ2n) is 4.63. The molecular formula is C16H19N3OS. The van der Waals surface area contributed by atoms with E-state index in [1.807, 2.05) is 36.4 Å². The largest absolute Gasteiger partial charge is 0.383 e. The van der Waals surface area contributed by atoms with E-state index in [0.717, 1.165) is 17.9 Å². The van der Waals surface area contributed by atoms with Crippen molar-refractivity contribution in [2.24, 2.45) is 5.73 Å². The van der Waals surface area contributed by atoms with Crippen molar-refractivity contribution in [3.05, 3.63) is 59.8 Å². The summed E-state index contributed by atoms with van der Waals surface area (Å²) in [5, 5.41) is 0.302. The van der Waals surface area contributed by atoms with Crippen LogP contribution in [0.1, 0.15) is 11.3 Å². The number of thiocarbonyl (C=S) groups is 1. The molecule has 1 aromatic carbocycles. The van der Waals surface area contributed by atoms with Gasteiger partial charge in [0.25, 0.3) is 0 Å². The minimum absolute atomic E-state index is 0.302. The highest BCUT2D eigenvalue weighted by Gasteiger charge is 2.11. The predicted molar refractivity (Wildman–Crippen MR) is 89.5 cm³/mol. The Labute approximate surface area is 130 Å². The van der Waals surface area contributed by atoms with Gasteiger partial charge in [0.1, 0.15) is 5.82 Å². The minimum atomic E-state index is 0.302. The Bertz CT molecular complexity index is 589. The molecule has 0 amide bonds. The first kappa shape index (κ1) is 15.4. The first-order valence-electron chi connectivity index (χ1n) is 6.76. The second kappa shape index (κ2) is 7.71. The Morgan fingerprint density at radius 1 is 1.19 bits per heavy atom. The van der Waals surface area contributed by atoms with Crippen LogP contribution in [0.3, 0.4) is 0 Å². The van der Waals surface area contributed by atoms with Crippen LogP contribution in [0.4, 0.5) is 5.82 Å². The van der Waals surface area contributed by atoms with E-state index in [9.17, 15) is 0 Å². The predicted octanol–water partition coefficient (Wildman–Crippen LogP) is 2.37. The highest BCUT2D eigenvalue weighted by molar-refractivity contribution is 7.80. The Morgan fingerprint density at radius 2 is 1.95 bits per heavy atom. The molecule has 0 saturated heterocycles. The number of hydrogen-bond acceptors (Lipinski definition) is 3. The van der Waals surface area contributed by atoms with Crippen LogP contribution < -0.4 is 10.6 Å². The molecule has 4 nitrogen and oxygen atoms in total. The molecule has 2 aromatic rings. The molecule has 0 spiro atoms. The molecule has 5 heteroatoms. The van der Waals surface area contributed by atoms with Crippen molar-refractivity contribution >= 4 is 23.1 Å². The molecule has 21 heavy (non-hydrogen) atoms. The van der Waals surface area contributed by atoms with Crippen LogP contribution in [0, 0.1) is 0 Å². The van der Waals surface area contributed by atoms with Crippen LogP contribution >= 0.6 is 12.2 Å². The summed E-state index contributed by atoms with van der Waals surface area (Å²) in [6, 6.07) is 16.1. The van der Waals surface area contributed by atoms with Gasteiger partial charge in [0.2, 0.25) is 0 Å². The number of ether oxygens (including phenoxy) is 1. The van der Waals surface area contributed by atoms with Gasteiger partial charge < -0.3 is 15.4 Å². The number of hydrogen-bond donors (Lipinski definition) is 1. The zero-order valence-electron chi connectivity index (χ0n) is 12.0. The van der Waals surface area contributed by atoms with Gasteiger partial charge in [0, 0.05) is 19.2 Å². The third-order valence-corrected chi connectivity index (χ3v) is 3.30. The fourth-order valence-electron chi connectivity index (χ4n) is 2.04. The maximum atomic E-state index is 5.77. The van der Waals surface area contributed by atoms with E-state index in [1.165, 1.54) is 5.56 Å². The van der Waals surface area contributed by atoms with Crippen molar-refractivity contribution < 1.29 is 4.74 Å². The standard InChI is InChI=1S/C16H19N3OS/c1-20-11-10-19(16(17)21)15-9-5-8-14(18-15)12-13-6-3-2-4-7-13/h2-9H,10-12H2,1H3,(H2,17,21). The summed E-state index contributed by atoms with van der Waals surface area (Å²) in [6.45, 7) is 1.13.